The van der Waals surface area contributed by atoms with Gasteiger partial charge < -0.3 is 9.84 Å². The Hall–Kier alpha value is -1.32. The lowest BCUT2D eigenvalue weighted by Crippen LogP contribution is -2.16. The summed E-state index contributed by atoms with van der Waals surface area (Å²) in [5, 5.41) is 8.75. The molecule has 0 radical (unpaired) electrons. The number of esters is 1. The Morgan fingerprint density at radius 2 is 1.00 bits per heavy atom. The summed E-state index contributed by atoms with van der Waals surface area (Å²) in [6.45, 7) is 4.46. The molecule has 0 rings (SSSR count). The fraction of sp³-hybridized carbons (Fsp3) is 0.882. The molecule has 0 saturated carbocycles. The van der Waals surface area contributed by atoms with E-state index in [-0.39, 0.29) is 18.5 Å². The SMILES string of the molecule is CCCC/C=C\C(CCCCCCC(=O)O)OC(=O)CCCCCCCCCCCCCCCCCCC. The number of carboxylic acid groups (broad SMARTS) is 1. The third-order valence-corrected chi connectivity index (χ3v) is 7.47. The first kappa shape index (κ1) is 36.7. The molecular formula is C34H64O4. The zero-order valence-corrected chi connectivity index (χ0v) is 25.5. The zero-order valence-electron chi connectivity index (χ0n) is 25.5. The Kier molecular flexibility index (Phi) is 29.2. The lowest BCUT2D eigenvalue weighted by Gasteiger charge is -2.15. The quantitative estimate of drug-likeness (QED) is 0.0563. The molecule has 1 atom stereocenters. The molecule has 38 heavy (non-hydrogen) atoms. The Balaban J connectivity index is 3.72. The van der Waals surface area contributed by atoms with Gasteiger partial charge >= 0.3 is 11.9 Å². The first-order valence-electron chi connectivity index (χ1n) is 16.7. The first-order valence-corrected chi connectivity index (χ1v) is 16.7. The second kappa shape index (κ2) is 30.2. The molecule has 0 aliphatic carbocycles. The van der Waals surface area contributed by atoms with Crippen molar-refractivity contribution in [2.24, 2.45) is 0 Å². The van der Waals surface area contributed by atoms with Gasteiger partial charge in [0.05, 0.1) is 0 Å². The van der Waals surface area contributed by atoms with Gasteiger partial charge in [0.1, 0.15) is 6.10 Å². The Morgan fingerprint density at radius 1 is 0.579 bits per heavy atom. The van der Waals surface area contributed by atoms with Gasteiger partial charge in [0.25, 0.3) is 0 Å². The number of ether oxygens (including phenoxy) is 1. The number of allylic oxidation sites excluding steroid dienone is 1. The number of hydrogen-bond donors (Lipinski definition) is 1. The van der Waals surface area contributed by atoms with Crippen LogP contribution < -0.4 is 0 Å². The summed E-state index contributed by atoms with van der Waals surface area (Å²) in [6, 6.07) is 0. The number of rotatable bonds is 30. The molecule has 224 valence electrons. The van der Waals surface area contributed by atoms with Crippen molar-refractivity contribution >= 4 is 11.9 Å². The third-order valence-electron chi connectivity index (χ3n) is 7.47. The first-order chi connectivity index (χ1) is 18.6. The minimum atomic E-state index is -0.722. The van der Waals surface area contributed by atoms with Crippen LogP contribution in [-0.4, -0.2) is 23.1 Å². The lowest BCUT2D eigenvalue weighted by atomic mass is 10.0. The van der Waals surface area contributed by atoms with Gasteiger partial charge in [0.2, 0.25) is 0 Å². The van der Waals surface area contributed by atoms with Crippen LogP contribution in [0.5, 0.6) is 0 Å². The number of carbonyl (C=O) groups is 2. The van der Waals surface area contributed by atoms with Crippen LogP contribution in [0, 0.1) is 0 Å². The van der Waals surface area contributed by atoms with E-state index in [1.165, 1.54) is 96.3 Å². The van der Waals surface area contributed by atoms with Crippen molar-refractivity contribution < 1.29 is 19.4 Å². The van der Waals surface area contributed by atoms with E-state index in [0.717, 1.165) is 64.2 Å². The van der Waals surface area contributed by atoms with E-state index < -0.39 is 5.97 Å². The molecule has 4 nitrogen and oxygen atoms in total. The number of hydrogen-bond acceptors (Lipinski definition) is 3. The number of carboxylic acids is 1. The largest absolute Gasteiger partial charge is 0.481 e. The van der Waals surface area contributed by atoms with Gasteiger partial charge in [-0.25, -0.2) is 0 Å². The molecular weight excluding hydrogens is 472 g/mol. The van der Waals surface area contributed by atoms with Crippen molar-refractivity contribution in [2.45, 2.75) is 193 Å². The highest BCUT2D eigenvalue weighted by Crippen LogP contribution is 2.16. The molecule has 0 aromatic carbocycles. The normalized spacial score (nSPS) is 12.3. The standard InChI is InChI=1S/C34H64O4/c1-3-5-7-9-10-11-12-13-14-15-16-17-18-19-20-21-27-31-34(37)38-32(28-24-8-6-4-2)29-25-22-23-26-30-33(35)36/h24,28,32H,3-23,25-27,29-31H2,1-2H3,(H,35,36)/b28-24-. The van der Waals surface area contributed by atoms with Crippen molar-refractivity contribution in [3.63, 3.8) is 0 Å². The van der Waals surface area contributed by atoms with Gasteiger partial charge in [0.15, 0.2) is 0 Å². The van der Waals surface area contributed by atoms with E-state index in [4.69, 9.17) is 9.84 Å². The zero-order chi connectivity index (χ0) is 27.9. The predicted octanol–water partition coefficient (Wildman–Crippen LogP) is 11.1. The van der Waals surface area contributed by atoms with Gasteiger partial charge in [-0.1, -0.05) is 148 Å². The molecule has 0 fully saturated rings. The van der Waals surface area contributed by atoms with Crippen LogP contribution in [0.15, 0.2) is 12.2 Å². The van der Waals surface area contributed by atoms with E-state index in [1.807, 2.05) is 0 Å². The molecule has 0 saturated heterocycles. The highest BCUT2D eigenvalue weighted by molar-refractivity contribution is 5.69. The van der Waals surface area contributed by atoms with Crippen LogP contribution in [0.1, 0.15) is 187 Å². The highest BCUT2D eigenvalue weighted by atomic mass is 16.5. The van der Waals surface area contributed by atoms with Crippen LogP contribution in [-0.2, 0) is 14.3 Å². The predicted molar refractivity (Wildman–Crippen MR) is 163 cm³/mol. The molecule has 0 heterocycles. The molecule has 0 aliphatic heterocycles. The summed E-state index contributed by atoms with van der Waals surface area (Å²) in [5.74, 6) is -0.790. The van der Waals surface area contributed by atoms with Crippen molar-refractivity contribution in [2.75, 3.05) is 0 Å². The summed E-state index contributed by atoms with van der Waals surface area (Å²) >= 11 is 0. The van der Waals surface area contributed by atoms with E-state index in [1.54, 1.807) is 0 Å². The summed E-state index contributed by atoms with van der Waals surface area (Å²) in [6.07, 6.45) is 35.4. The maximum atomic E-state index is 12.4. The van der Waals surface area contributed by atoms with Crippen LogP contribution in [0.25, 0.3) is 0 Å². The topological polar surface area (TPSA) is 63.6 Å². The molecule has 0 aromatic rings. The van der Waals surface area contributed by atoms with Gasteiger partial charge in [-0.3, -0.25) is 9.59 Å². The van der Waals surface area contributed by atoms with Crippen molar-refractivity contribution in [3.8, 4) is 0 Å². The average Bonchev–Trinajstić information content (AvgIpc) is 2.90. The van der Waals surface area contributed by atoms with E-state index >= 15 is 0 Å². The minimum Gasteiger partial charge on any atom is -0.481 e. The summed E-state index contributed by atoms with van der Waals surface area (Å²) in [5.41, 5.74) is 0. The lowest BCUT2D eigenvalue weighted by molar-refractivity contribution is -0.147. The second-order valence-electron chi connectivity index (χ2n) is 11.4. The maximum Gasteiger partial charge on any atom is 0.306 e. The van der Waals surface area contributed by atoms with Crippen molar-refractivity contribution in [1.29, 1.82) is 0 Å². The van der Waals surface area contributed by atoms with Gasteiger partial charge in [-0.2, -0.15) is 0 Å². The van der Waals surface area contributed by atoms with E-state index in [0.29, 0.717) is 6.42 Å². The molecule has 1 unspecified atom stereocenters. The second-order valence-corrected chi connectivity index (χ2v) is 11.4. The fourth-order valence-corrected chi connectivity index (χ4v) is 4.96. The van der Waals surface area contributed by atoms with Gasteiger partial charge in [0, 0.05) is 12.8 Å². The maximum absolute atomic E-state index is 12.4. The molecule has 4 heteroatoms. The number of unbranched alkanes of at least 4 members (excludes halogenated alkanes) is 21. The van der Waals surface area contributed by atoms with Crippen LogP contribution >= 0.6 is 0 Å². The van der Waals surface area contributed by atoms with E-state index in [2.05, 4.69) is 26.0 Å². The molecule has 0 spiro atoms. The third kappa shape index (κ3) is 29.2. The number of aliphatic carboxylic acids is 1. The molecule has 0 amide bonds. The van der Waals surface area contributed by atoms with Crippen LogP contribution in [0.3, 0.4) is 0 Å². The highest BCUT2D eigenvalue weighted by Gasteiger charge is 2.11. The van der Waals surface area contributed by atoms with E-state index in [9.17, 15) is 9.59 Å². The van der Waals surface area contributed by atoms with Gasteiger partial charge in [-0.15, -0.1) is 0 Å². The number of carbonyl (C=O) groups excluding carboxylic acids is 1. The van der Waals surface area contributed by atoms with Crippen molar-refractivity contribution in [1.82, 2.24) is 0 Å². The Labute approximate surface area is 236 Å². The summed E-state index contributed by atoms with van der Waals surface area (Å²) in [4.78, 5) is 23.0. The van der Waals surface area contributed by atoms with Gasteiger partial charge in [-0.05, 0) is 38.2 Å². The van der Waals surface area contributed by atoms with Crippen LogP contribution in [0.4, 0.5) is 0 Å². The monoisotopic (exact) mass is 536 g/mol. The summed E-state index contributed by atoms with van der Waals surface area (Å²) < 4.78 is 5.78. The average molecular weight is 537 g/mol. The Morgan fingerprint density at radius 3 is 1.47 bits per heavy atom. The van der Waals surface area contributed by atoms with Crippen molar-refractivity contribution in [3.05, 3.63) is 12.2 Å². The molecule has 0 bridgehead atoms. The summed E-state index contributed by atoms with van der Waals surface area (Å²) in [7, 11) is 0. The fourth-order valence-electron chi connectivity index (χ4n) is 4.96. The minimum absolute atomic E-state index is 0.0676. The molecule has 1 N–H and O–H groups in total. The van der Waals surface area contributed by atoms with Crippen LogP contribution in [0.2, 0.25) is 0 Å². The molecule has 0 aromatic heterocycles. The molecule has 0 aliphatic rings. The smallest absolute Gasteiger partial charge is 0.306 e. The Bertz CT molecular complexity index is 543.